The van der Waals surface area contributed by atoms with Crippen molar-refractivity contribution in [3.63, 3.8) is 0 Å². The van der Waals surface area contributed by atoms with Crippen LogP contribution in [0.25, 0.3) is 0 Å². The Labute approximate surface area is 101 Å². The minimum absolute atomic E-state index is 0.162. The van der Waals surface area contributed by atoms with Crippen LogP contribution in [0.3, 0.4) is 0 Å². The monoisotopic (exact) mass is 235 g/mol. The van der Waals surface area contributed by atoms with Crippen molar-refractivity contribution in [3.05, 3.63) is 35.1 Å². The van der Waals surface area contributed by atoms with Crippen LogP contribution in [0.1, 0.15) is 36.8 Å². The predicted octanol–water partition coefficient (Wildman–Crippen LogP) is 2.50. The van der Waals surface area contributed by atoms with Gasteiger partial charge in [0.25, 0.3) is 0 Å². The van der Waals surface area contributed by atoms with E-state index in [9.17, 15) is 4.39 Å². The molecule has 1 saturated heterocycles. The summed E-state index contributed by atoms with van der Waals surface area (Å²) in [4.78, 5) is 0. The summed E-state index contributed by atoms with van der Waals surface area (Å²) in [6, 6.07) is 4.99. The highest BCUT2D eigenvalue weighted by Gasteiger charge is 2.38. The first-order chi connectivity index (χ1) is 8.17. The molecule has 2 aliphatic rings. The Hall–Kier alpha value is -0.930. The second kappa shape index (κ2) is 4.07. The Morgan fingerprint density at radius 1 is 1.47 bits per heavy atom. The summed E-state index contributed by atoms with van der Waals surface area (Å²) in [6.45, 7) is 0.858. The number of halogens is 1. The summed E-state index contributed by atoms with van der Waals surface area (Å²) in [5, 5.41) is 0. The summed E-state index contributed by atoms with van der Waals surface area (Å²) in [5.41, 5.74) is 8.38. The number of rotatable bonds is 2. The number of aryl methyl sites for hydroxylation is 1. The Morgan fingerprint density at radius 3 is 3.12 bits per heavy atom. The Kier molecular flexibility index (Phi) is 2.68. The number of nitrogens with two attached hydrogens (primary N) is 1. The van der Waals surface area contributed by atoms with Gasteiger partial charge < -0.3 is 10.5 Å². The van der Waals surface area contributed by atoms with E-state index in [-0.39, 0.29) is 17.5 Å². The van der Waals surface area contributed by atoms with Crippen LogP contribution in [0.4, 0.5) is 4.39 Å². The van der Waals surface area contributed by atoms with Crippen LogP contribution in [0, 0.1) is 5.82 Å². The van der Waals surface area contributed by atoms with E-state index >= 15 is 0 Å². The molecule has 2 atom stereocenters. The molecule has 1 fully saturated rings. The lowest BCUT2D eigenvalue weighted by molar-refractivity contribution is 0.0826. The summed E-state index contributed by atoms with van der Waals surface area (Å²) >= 11 is 0. The average Bonchev–Trinajstić information content (AvgIpc) is 2.88. The maximum Gasteiger partial charge on any atom is 0.123 e. The van der Waals surface area contributed by atoms with Crippen molar-refractivity contribution in [2.24, 2.45) is 5.73 Å². The summed E-state index contributed by atoms with van der Waals surface area (Å²) in [5.74, 6) is -0.162. The van der Waals surface area contributed by atoms with Crippen LogP contribution in [0.15, 0.2) is 18.2 Å². The summed E-state index contributed by atoms with van der Waals surface area (Å²) < 4.78 is 18.8. The third-order valence-corrected chi connectivity index (χ3v) is 4.06. The first kappa shape index (κ1) is 11.2. The molecule has 1 aromatic rings. The highest BCUT2D eigenvalue weighted by Crippen LogP contribution is 2.40. The van der Waals surface area contributed by atoms with Gasteiger partial charge in [-0.05, 0) is 55.4 Å². The fourth-order valence-electron chi connectivity index (χ4n) is 3.17. The van der Waals surface area contributed by atoms with Gasteiger partial charge in [0.2, 0.25) is 0 Å². The second-order valence-corrected chi connectivity index (χ2v) is 5.30. The Bertz CT molecular complexity index is 428. The molecule has 2 nitrogen and oxygen atoms in total. The van der Waals surface area contributed by atoms with Crippen molar-refractivity contribution < 1.29 is 9.13 Å². The zero-order chi connectivity index (χ0) is 11.9. The van der Waals surface area contributed by atoms with Crippen LogP contribution < -0.4 is 5.73 Å². The van der Waals surface area contributed by atoms with E-state index in [0.717, 1.165) is 49.8 Å². The third kappa shape index (κ3) is 1.98. The number of hydrogen-bond acceptors (Lipinski definition) is 2. The molecule has 0 radical (unpaired) electrons. The quantitative estimate of drug-likeness (QED) is 0.854. The Balaban J connectivity index is 1.85. The number of hydrogen-bond donors (Lipinski definition) is 1. The fraction of sp³-hybridized carbons (Fsp3) is 0.571. The van der Waals surface area contributed by atoms with Gasteiger partial charge in [-0.2, -0.15) is 0 Å². The number of ether oxygens (including phenoxy) is 1. The van der Waals surface area contributed by atoms with Crippen molar-refractivity contribution in [1.82, 2.24) is 0 Å². The first-order valence-corrected chi connectivity index (χ1v) is 6.37. The van der Waals surface area contributed by atoms with Gasteiger partial charge in [-0.25, -0.2) is 4.39 Å². The van der Waals surface area contributed by atoms with E-state index in [2.05, 4.69) is 0 Å². The molecule has 1 aliphatic carbocycles. The highest BCUT2D eigenvalue weighted by molar-refractivity contribution is 5.38. The largest absolute Gasteiger partial charge is 0.378 e. The van der Waals surface area contributed by atoms with Crippen molar-refractivity contribution in [1.29, 1.82) is 0 Å². The lowest BCUT2D eigenvalue weighted by Gasteiger charge is -2.28. The SMILES string of the molecule is NC1(CC2CCCO2)CCc2cc(F)ccc21. The van der Waals surface area contributed by atoms with E-state index in [1.807, 2.05) is 6.07 Å². The fourth-order valence-corrected chi connectivity index (χ4v) is 3.17. The van der Waals surface area contributed by atoms with Gasteiger partial charge in [-0.15, -0.1) is 0 Å². The molecule has 3 heteroatoms. The maximum absolute atomic E-state index is 13.2. The van der Waals surface area contributed by atoms with Gasteiger partial charge in [0.15, 0.2) is 0 Å². The van der Waals surface area contributed by atoms with Crippen molar-refractivity contribution >= 4 is 0 Å². The standard InChI is InChI=1S/C14H18FNO/c15-11-3-4-13-10(8-11)5-6-14(13,16)9-12-2-1-7-17-12/h3-4,8,12H,1-2,5-7,9,16H2. The highest BCUT2D eigenvalue weighted by atomic mass is 19.1. The van der Waals surface area contributed by atoms with Crippen LogP contribution in [0.2, 0.25) is 0 Å². The number of fused-ring (bicyclic) bond motifs is 1. The van der Waals surface area contributed by atoms with Crippen LogP contribution in [0.5, 0.6) is 0 Å². The molecule has 2 unspecified atom stereocenters. The van der Waals surface area contributed by atoms with E-state index in [1.54, 1.807) is 6.07 Å². The molecule has 0 aromatic heterocycles. The minimum atomic E-state index is -0.307. The smallest absolute Gasteiger partial charge is 0.123 e. The maximum atomic E-state index is 13.2. The third-order valence-electron chi connectivity index (χ3n) is 4.06. The molecular formula is C14H18FNO. The van der Waals surface area contributed by atoms with Crippen molar-refractivity contribution in [2.75, 3.05) is 6.61 Å². The van der Waals surface area contributed by atoms with Crippen molar-refractivity contribution in [3.8, 4) is 0 Å². The summed E-state index contributed by atoms with van der Waals surface area (Å²) in [7, 11) is 0. The molecule has 2 N–H and O–H groups in total. The van der Waals surface area contributed by atoms with Crippen LogP contribution in [-0.2, 0) is 16.7 Å². The molecule has 1 heterocycles. The molecule has 1 aromatic carbocycles. The zero-order valence-corrected chi connectivity index (χ0v) is 9.92. The van der Waals surface area contributed by atoms with Crippen LogP contribution >= 0.6 is 0 Å². The van der Waals surface area contributed by atoms with E-state index < -0.39 is 0 Å². The van der Waals surface area contributed by atoms with Gasteiger partial charge in [0.05, 0.1) is 6.10 Å². The predicted molar refractivity (Wildman–Crippen MR) is 64.2 cm³/mol. The molecule has 0 amide bonds. The molecule has 0 bridgehead atoms. The van der Waals surface area contributed by atoms with Gasteiger partial charge in [-0.3, -0.25) is 0 Å². The molecule has 0 spiro atoms. The lowest BCUT2D eigenvalue weighted by Crippen LogP contribution is -2.37. The van der Waals surface area contributed by atoms with Crippen molar-refractivity contribution in [2.45, 2.75) is 43.7 Å². The normalized spacial score (nSPS) is 31.8. The molecule has 3 rings (SSSR count). The molecule has 17 heavy (non-hydrogen) atoms. The first-order valence-electron chi connectivity index (χ1n) is 6.37. The van der Waals surface area contributed by atoms with Gasteiger partial charge in [0.1, 0.15) is 5.82 Å². The van der Waals surface area contributed by atoms with E-state index in [1.165, 1.54) is 6.07 Å². The second-order valence-electron chi connectivity index (χ2n) is 5.30. The van der Waals surface area contributed by atoms with Crippen LogP contribution in [-0.4, -0.2) is 12.7 Å². The lowest BCUT2D eigenvalue weighted by atomic mass is 9.86. The zero-order valence-electron chi connectivity index (χ0n) is 9.92. The molecule has 0 saturated carbocycles. The van der Waals surface area contributed by atoms with Gasteiger partial charge in [0, 0.05) is 12.1 Å². The minimum Gasteiger partial charge on any atom is -0.378 e. The molecular weight excluding hydrogens is 217 g/mol. The molecule has 1 aliphatic heterocycles. The average molecular weight is 235 g/mol. The topological polar surface area (TPSA) is 35.2 Å². The van der Waals surface area contributed by atoms with E-state index in [0.29, 0.717) is 0 Å². The van der Waals surface area contributed by atoms with Gasteiger partial charge >= 0.3 is 0 Å². The van der Waals surface area contributed by atoms with E-state index in [4.69, 9.17) is 10.5 Å². The summed E-state index contributed by atoms with van der Waals surface area (Å²) in [6.07, 6.45) is 5.19. The number of benzene rings is 1. The molecule has 92 valence electrons. The van der Waals surface area contributed by atoms with Gasteiger partial charge in [-0.1, -0.05) is 6.07 Å². The Morgan fingerprint density at radius 2 is 2.35 bits per heavy atom.